The number of nitrogens with zero attached hydrogens (tertiary/aromatic N) is 1. The van der Waals surface area contributed by atoms with Crippen molar-refractivity contribution in [2.24, 2.45) is 5.92 Å². The van der Waals surface area contributed by atoms with Gasteiger partial charge in [-0.05, 0) is 75.2 Å². The quantitative estimate of drug-likeness (QED) is 0.921. The van der Waals surface area contributed by atoms with Crippen molar-refractivity contribution in [3.8, 4) is 0 Å². The van der Waals surface area contributed by atoms with Crippen LogP contribution in [0.15, 0.2) is 57.1 Å². The lowest BCUT2D eigenvalue weighted by Crippen LogP contribution is -2.62. The lowest BCUT2D eigenvalue weighted by Gasteiger charge is -2.49. The first-order chi connectivity index (χ1) is 11.7. The molecule has 2 atom stereocenters. The summed E-state index contributed by atoms with van der Waals surface area (Å²) in [6.45, 7) is 4.59. The third kappa shape index (κ3) is 3.10. The number of fused-ring (bicyclic) bond motifs is 3. The van der Waals surface area contributed by atoms with Gasteiger partial charge in [-0.1, -0.05) is 11.8 Å². The molecule has 1 aromatic heterocycles. The van der Waals surface area contributed by atoms with E-state index in [2.05, 4.69) is 17.1 Å². The topological polar surface area (TPSA) is 45.5 Å². The summed E-state index contributed by atoms with van der Waals surface area (Å²) in [5, 5.41) is 4.13. The Hall–Kier alpha value is -1.72. The summed E-state index contributed by atoms with van der Waals surface area (Å²) >= 11 is 1.56. The number of carbonyl (C=O) groups is 1. The summed E-state index contributed by atoms with van der Waals surface area (Å²) in [7, 11) is 0. The molecule has 1 amide bonds. The van der Waals surface area contributed by atoms with Crippen LogP contribution in [-0.2, 0) is 0 Å². The number of hydrogen-bond acceptors (Lipinski definition) is 4. The van der Waals surface area contributed by atoms with Crippen molar-refractivity contribution in [1.82, 2.24) is 10.2 Å². The summed E-state index contributed by atoms with van der Waals surface area (Å²) in [6, 6.07) is 12.3. The molecule has 0 spiro atoms. The first kappa shape index (κ1) is 15.8. The van der Waals surface area contributed by atoms with E-state index in [4.69, 9.17) is 4.42 Å². The summed E-state index contributed by atoms with van der Waals surface area (Å²) in [6.07, 6.45) is 4.07. The van der Waals surface area contributed by atoms with Gasteiger partial charge in [-0.25, -0.2) is 0 Å². The van der Waals surface area contributed by atoms with E-state index < -0.39 is 0 Å². The Balaban J connectivity index is 1.41. The highest BCUT2D eigenvalue weighted by Crippen LogP contribution is 2.32. The molecule has 2 aromatic rings. The van der Waals surface area contributed by atoms with Crippen molar-refractivity contribution in [2.45, 2.75) is 41.8 Å². The molecule has 1 aromatic carbocycles. The standard InChI is InChI=1S/C19H22N2O2S/c1-13-18(14-8-10-21(13)11-9-14)20-19(22)15-4-6-16(7-5-15)24-17-3-2-12-23-17/h2-7,12-14,18H,8-11H2,1H3,(H,20,22). The van der Waals surface area contributed by atoms with Crippen molar-refractivity contribution in [3.63, 3.8) is 0 Å². The predicted octanol–water partition coefficient (Wildman–Crippen LogP) is 3.64. The number of piperidine rings is 3. The van der Waals surface area contributed by atoms with Crippen molar-refractivity contribution >= 4 is 17.7 Å². The van der Waals surface area contributed by atoms with Crippen molar-refractivity contribution in [1.29, 1.82) is 0 Å². The van der Waals surface area contributed by atoms with E-state index in [1.165, 1.54) is 25.9 Å². The van der Waals surface area contributed by atoms with E-state index in [1.54, 1.807) is 18.0 Å². The smallest absolute Gasteiger partial charge is 0.251 e. The summed E-state index contributed by atoms with van der Waals surface area (Å²) in [5.41, 5.74) is 0.724. The van der Waals surface area contributed by atoms with E-state index in [1.807, 2.05) is 36.4 Å². The zero-order chi connectivity index (χ0) is 16.5. The van der Waals surface area contributed by atoms with Gasteiger partial charge >= 0.3 is 0 Å². The van der Waals surface area contributed by atoms with Crippen LogP contribution in [0.25, 0.3) is 0 Å². The molecule has 1 N–H and O–H groups in total. The zero-order valence-electron chi connectivity index (χ0n) is 13.8. The molecule has 126 valence electrons. The first-order valence-corrected chi connectivity index (χ1v) is 9.39. The molecule has 3 aliphatic heterocycles. The molecule has 3 aliphatic rings. The molecule has 2 bridgehead atoms. The second-order valence-electron chi connectivity index (χ2n) is 6.67. The minimum absolute atomic E-state index is 0.0372. The van der Waals surface area contributed by atoms with Crippen LogP contribution >= 0.6 is 11.8 Å². The number of carbonyl (C=O) groups excluding carboxylic acids is 1. The Morgan fingerprint density at radius 1 is 1.21 bits per heavy atom. The highest BCUT2D eigenvalue weighted by Gasteiger charge is 2.40. The fraction of sp³-hybridized carbons (Fsp3) is 0.421. The van der Waals surface area contributed by atoms with Crippen LogP contribution in [-0.4, -0.2) is 36.0 Å². The van der Waals surface area contributed by atoms with Gasteiger partial charge < -0.3 is 9.73 Å². The highest BCUT2D eigenvalue weighted by atomic mass is 32.2. The average molecular weight is 342 g/mol. The molecule has 24 heavy (non-hydrogen) atoms. The molecule has 0 saturated carbocycles. The lowest BCUT2D eigenvalue weighted by molar-refractivity contribution is 0.0217. The number of amides is 1. The molecule has 4 heterocycles. The van der Waals surface area contributed by atoms with Crippen LogP contribution in [0.2, 0.25) is 0 Å². The van der Waals surface area contributed by atoms with E-state index in [0.29, 0.717) is 12.0 Å². The van der Waals surface area contributed by atoms with Gasteiger partial charge in [0, 0.05) is 22.5 Å². The maximum atomic E-state index is 12.6. The lowest BCUT2D eigenvalue weighted by atomic mass is 9.79. The number of hydrogen-bond donors (Lipinski definition) is 1. The Morgan fingerprint density at radius 2 is 1.96 bits per heavy atom. The van der Waals surface area contributed by atoms with E-state index in [-0.39, 0.29) is 11.9 Å². The Kier molecular flexibility index (Phi) is 4.37. The molecule has 3 fully saturated rings. The average Bonchev–Trinajstić information content (AvgIpc) is 3.12. The Bertz CT molecular complexity index is 689. The summed E-state index contributed by atoms with van der Waals surface area (Å²) < 4.78 is 5.33. The Labute approximate surface area is 146 Å². The number of furan rings is 1. The van der Waals surface area contributed by atoms with Crippen molar-refractivity contribution < 1.29 is 9.21 Å². The molecule has 3 saturated heterocycles. The fourth-order valence-electron chi connectivity index (χ4n) is 3.89. The van der Waals surface area contributed by atoms with Crippen LogP contribution in [0, 0.1) is 5.92 Å². The molecule has 4 nitrogen and oxygen atoms in total. The molecular formula is C19H22N2O2S. The van der Waals surface area contributed by atoms with E-state index in [0.717, 1.165) is 15.6 Å². The van der Waals surface area contributed by atoms with E-state index >= 15 is 0 Å². The van der Waals surface area contributed by atoms with Gasteiger partial charge in [-0.15, -0.1) is 0 Å². The van der Waals surface area contributed by atoms with Gasteiger partial charge in [0.05, 0.1) is 6.26 Å². The van der Waals surface area contributed by atoms with Crippen LogP contribution < -0.4 is 5.32 Å². The second-order valence-corrected chi connectivity index (χ2v) is 7.75. The molecule has 5 rings (SSSR count). The molecule has 0 radical (unpaired) electrons. The third-order valence-corrected chi connectivity index (χ3v) is 6.25. The molecule has 0 aliphatic carbocycles. The number of benzene rings is 1. The van der Waals surface area contributed by atoms with Gasteiger partial charge in [0.2, 0.25) is 0 Å². The maximum absolute atomic E-state index is 12.6. The van der Waals surface area contributed by atoms with Gasteiger partial charge in [-0.2, -0.15) is 0 Å². The summed E-state index contributed by atoms with van der Waals surface area (Å²) in [5.74, 6) is 0.665. The molecular weight excluding hydrogens is 320 g/mol. The van der Waals surface area contributed by atoms with Crippen LogP contribution in [0.4, 0.5) is 0 Å². The first-order valence-electron chi connectivity index (χ1n) is 8.57. The van der Waals surface area contributed by atoms with E-state index in [9.17, 15) is 4.79 Å². The Morgan fingerprint density at radius 3 is 2.58 bits per heavy atom. The van der Waals surface area contributed by atoms with Gasteiger partial charge in [-0.3, -0.25) is 9.69 Å². The minimum atomic E-state index is 0.0372. The number of rotatable bonds is 4. The van der Waals surface area contributed by atoms with Gasteiger partial charge in [0.25, 0.3) is 5.91 Å². The zero-order valence-corrected chi connectivity index (χ0v) is 14.6. The van der Waals surface area contributed by atoms with Gasteiger partial charge in [0.15, 0.2) is 5.09 Å². The molecule has 2 unspecified atom stereocenters. The van der Waals surface area contributed by atoms with Crippen LogP contribution in [0.1, 0.15) is 30.1 Å². The SMILES string of the molecule is CC1C(NC(=O)c2ccc(Sc3ccco3)cc2)C2CCN1CC2. The second kappa shape index (κ2) is 6.65. The van der Waals surface area contributed by atoms with Crippen molar-refractivity contribution in [3.05, 3.63) is 48.2 Å². The minimum Gasteiger partial charge on any atom is -0.458 e. The molecule has 5 heteroatoms. The van der Waals surface area contributed by atoms with Gasteiger partial charge in [0.1, 0.15) is 0 Å². The number of nitrogens with one attached hydrogen (secondary N) is 1. The monoisotopic (exact) mass is 342 g/mol. The van der Waals surface area contributed by atoms with Crippen LogP contribution in [0.5, 0.6) is 0 Å². The summed E-state index contributed by atoms with van der Waals surface area (Å²) in [4.78, 5) is 16.2. The maximum Gasteiger partial charge on any atom is 0.251 e. The van der Waals surface area contributed by atoms with Crippen molar-refractivity contribution in [2.75, 3.05) is 13.1 Å². The predicted molar refractivity (Wildman–Crippen MR) is 94.3 cm³/mol. The third-order valence-electron chi connectivity index (χ3n) is 5.31. The highest BCUT2D eigenvalue weighted by molar-refractivity contribution is 7.99. The normalized spacial score (nSPS) is 28.7. The van der Waals surface area contributed by atoms with Crippen LogP contribution in [0.3, 0.4) is 0 Å². The fourth-order valence-corrected chi connectivity index (χ4v) is 4.65. The largest absolute Gasteiger partial charge is 0.458 e.